The number of carbonyl (C=O) groups excluding carboxylic acids is 1. The fourth-order valence-electron chi connectivity index (χ4n) is 4.47. The first-order valence-corrected chi connectivity index (χ1v) is 13.8. The maximum Gasteiger partial charge on any atom is 0.243 e. The van der Waals surface area contributed by atoms with Crippen molar-refractivity contribution in [1.82, 2.24) is 14.1 Å². The van der Waals surface area contributed by atoms with Crippen molar-refractivity contribution >= 4 is 27.7 Å². The van der Waals surface area contributed by atoms with Gasteiger partial charge in [0.25, 0.3) is 0 Å². The van der Waals surface area contributed by atoms with Crippen LogP contribution in [-0.2, 0) is 21.4 Å². The molecule has 0 aliphatic carbocycles. The number of thioether (sulfide) groups is 1. The standard InChI is InChI=1S/C24H31N3O3S2/c1-31-22-7-9-23(10-8-22)32(29,30)27-13-11-21(12-14-27)24(28)26-17-15-25(16-18-26)19-20-5-3-2-4-6-20/h2-10,21H,11-19H2,1H3. The molecule has 0 saturated carbocycles. The first-order chi connectivity index (χ1) is 15.5. The van der Waals surface area contributed by atoms with Crippen LogP contribution < -0.4 is 0 Å². The molecule has 2 aromatic rings. The van der Waals surface area contributed by atoms with Crippen LogP contribution in [0, 0.1) is 5.92 Å². The lowest BCUT2D eigenvalue weighted by molar-refractivity contribution is -0.138. The van der Waals surface area contributed by atoms with Gasteiger partial charge in [-0.2, -0.15) is 4.31 Å². The van der Waals surface area contributed by atoms with Crippen LogP contribution in [0.1, 0.15) is 18.4 Å². The van der Waals surface area contributed by atoms with E-state index in [2.05, 4.69) is 29.2 Å². The van der Waals surface area contributed by atoms with Crippen LogP contribution in [-0.4, -0.2) is 74.0 Å². The summed E-state index contributed by atoms with van der Waals surface area (Å²) < 4.78 is 27.5. The number of hydrogen-bond acceptors (Lipinski definition) is 5. The first kappa shape index (κ1) is 23.3. The van der Waals surface area contributed by atoms with Crippen molar-refractivity contribution in [2.45, 2.75) is 29.2 Å². The zero-order chi connectivity index (χ0) is 22.6. The largest absolute Gasteiger partial charge is 0.340 e. The van der Waals surface area contributed by atoms with Gasteiger partial charge in [-0.1, -0.05) is 30.3 Å². The molecule has 32 heavy (non-hydrogen) atoms. The van der Waals surface area contributed by atoms with E-state index in [0.717, 1.165) is 37.6 Å². The lowest BCUT2D eigenvalue weighted by atomic mass is 9.96. The Bertz CT molecular complexity index is 997. The minimum absolute atomic E-state index is 0.0824. The summed E-state index contributed by atoms with van der Waals surface area (Å²) in [5.41, 5.74) is 1.30. The fraction of sp³-hybridized carbons (Fsp3) is 0.458. The van der Waals surface area contributed by atoms with E-state index in [9.17, 15) is 13.2 Å². The second-order valence-corrected chi connectivity index (χ2v) is 11.3. The molecule has 6 nitrogen and oxygen atoms in total. The highest BCUT2D eigenvalue weighted by Crippen LogP contribution is 2.27. The SMILES string of the molecule is CSc1ccc(S(=O)(=O)N2CCC(C(=O)N3CCN(Cc4ccccc4)CC3)CC2)cc1. The number of piperazine rings is 1. The average Bonchev–Trinajstić information content (AvgIpc) is 2.85. The van der Waals surface area contributed by atoms with Crippen molar-refractivity contribution < 1.29 is 13.2 Å². The second kappa shape index (κ2) is 10.4. The van der Waals surface area contributed by atoms with Gasteiger partial charge in [-0.25, -0.2) is 8.42 Å². The lowest BCUT2D eigenvalue weighted by Crippen LogP contribution is -2.51. The highest BCUT2D eigenvalue weighted by molar-refractivity contribution is 7.98. The second-order valence-electron chi connectivity index (χ2n) is 8.44. The normalized spacial score (nSPS) is 19.2. The van der Waals surface area contributed by atoms with Crippen LogP contribution in [0.25, 0.3) is 0 Å². The molecule has 2 saturated heterocycles. The molecule has 172 valence electrons. The molecular weight excluding hydrogens is 442 g/mol. The van der Waals surface area contributed by atoms with E-state index in [1.165, 1.54) is 9.87 Å². The van der Waals surface area contributed by atoms with Gasteiger partial charge in [-0.05, 0) is 48.9 Å². The number of piperidine rings is 1. The number of sulfonamides is 1. The summed E-state index contributed by atoms with van der Waals surface area (Å²) in [5, 5.41) is 0. The van der Waals surface area contributed by atoms with Crippen molar-refractivity contribution in [3.05, 3.63) is 60.2 Å². The molecule has 0 radical (unpaired) electrons. The van der Waals surface area contributed by atoms with Crippen molar-refractivity contribution in [3.8, 4) is 0 Å². The van der Waals surface area contributed by atoms with Gasteiger partial charge >= 0.3 is 0 Å². The number of carbonyl (C=O) groups is 1. The molecular formula is C24H31N3O3S2. The third-order valence-corrected chi connectivity index (χ3v) is 9.09. The predicted molar refractivity (Wildman–Crippen MR) is 128 cm³/mol. The van der Waals surface area contributed by atoms with E-state index >= 15 is 0 Å². The molecule has 2 heterocycles. The van der Waals surface area contributed by atoms with E-state index in [4.69, 9.17) is 0 Å². The minimum Gasteiger partial charge on any atom is -0.340 e. The Hall–Kier alpha value is -1.87. The summed E-state index contributed by atoms with van der Waals surface area (Å²) in [6.45, 7) is 4.95. The van der Waals surface area contributed by atoms with Crippen molar-refractivity contribution in [2.75, 3.05) is 45.5 Å². The first-order valence-electron chi connectivity index (χ1n) is 11.2. The molecule has 0 aromatic heterocycles. The molecule has 0 atom stereocenters. The van der Waals surface area contributed by atoms with Crippen molar-refractivity contribution in [3.63, 3.8) is 0 Å². The van der Waals surface area contributed by atoms with E-state index in [1.807, 2.05) is 29.4 Å². The maximum atomic E-state index is 13.1. The van der Waals surface area contributed by atoms with Crippen LogP contribution >= 0.6 is 11.8 Å². The van der Waals surface area contributed by atoms with Crippen molar-refractivity contribution in [1.29, 1.82) is 0 Å². The Kier molecular flexibility index (Phi) is 7.55. The zero-order valence-electron chi connectivity index (χ0n) is 18.5. The fourth-order valence-corrected chi connectivity index (χ4v) is 6.34. The molecule has 2 aliphatic heterocycles. The van der Waals surface area contributed by atoms with Crippen LogP contribution in [0.4, 0.5) is 0 Å². The van der Waals surface area contributed by atoms with Crippen molar-refractivity contribution in [2.24, 2.45) is 5.92 Å². The molecule has 0 bridgehead atoms. The smallest absolute Gasteiger partial charge is 0.243 e. The summed E-state index contributed by atoms with van der Waals surface area (Å²) in [4.78, 5) is 18.8. The van der Waals surface area contributed by atoms with E-state index < -0.39 is 10.0 Å². The molecule has 8 heteroatoms. The van der Waals surface area contributed by atoms with Gasteiger partial charge in [-0.3, -0.25) is 9.69 Å². The molecule has 1 amide bonds. The Labute approximate surface area is 195 Å². The average molecular weight is 474 g/mol. The van der Waals surface area contributed by atoms with Gasteiger partial charge in [0.05, 0.1) is 4.90 Å². The molecule has 4 rings (SSSR count). The molecule has 0 N–H and O–H groups in total. The minimum atomic E-state index is -3.51. The quantitative estimate of drug-likeness (QED) is 0.603. The van der Waals surface area contributed by atoms with Crippen LogP contribution in [0.2, 0.25) is 0 Å². The number of amides is 1. The van der Waals surface area contributed by atoms with Gasteiger partial charge < -0.3 is 4.90 Å². The topological polar surface area (TPSA) is 60.9 Å². The van der Waals surface area contributed by atoms with Gasteiger partial charge in [0, 0.05) is 56.6 Å². The van der Waals surface area contributed by atoms with E-state index in [1.54, 1.807) is 23.9 Å². The van der Waals surface area contributed by atoms with Gasteiger partial charge in [-0.15, -0.1) is 11.8 Å². The number of hydrogen-bond donors (Lipinski definition) is 0. The Morgan fingerprint density at radius 3 is 2.12 bits per heavy atom. The Balaban J connectivity index is 1.27. The molecule has 2 aromatic carbocycles. The van der Waals surface area contributed by atoms with E-state index in [0.29, 0.717) is 30.8 Å². The highest BCUT2D eigenvalue weighted by atomic mass is 32.2. The molecule has 0 spiro atoms. The molecule has 2 fully saturated rings. The monoisotopic (exact) mass is 473 g/mol. The van der Waals surface area contributed by atoms with Crippen LogP contribution in [0.3, 0.4) is 0 Å². The number of benzene rings is 2. The van der Waals surface area contributed by atoms with Gasteiger partial charge in [0.15, 0.2) is 0 Å². The third-order valence-electron chi connectivity index (χ3n) is 6.43. The number of rotatable bonds is 6. The molecule has 0 unspecified atom stereocenters. The summed E-state index contributed by atoms with van der Waals surface area (Å²) in [7, 11) is -3.51. The lowest BCUT2D eigenvalue weighted by Gasteiger charge is -2.38. The predicted octanol–water partition coefficient (Wildman–Crippen LogP) is 3.15. The Morgan fingerprint density at radius 2 is 1.53 bits per heavy atom. The van der Waals surface area contributed by atoms with Crippen LogP contribution in [0.5, 0.6) is 0 Å². The van der Waals surface area contributed by atoms with Crippen LogP contribution in [0.15, 0.2) is 64.4 Å². The highest BCUT2D eigenvalue weighted by Gasteiger charge is 2.34. The number of nitrogens with zero attached hydrogens (tertiary/aromatic N) is 3. The third kappa shape index (κ3) is 5.36. The summed E-state index contributed by atoms with van der Waals surface area (Å²) >= 11 is 1.59. The van der Waals surface area contributed by atoms with E-state index in [-0.39, 0.29) is 11.8 Å². The summed E-state index contributed by atoms with van der Waals surface area (Å²) in [5.74, 6) is 0.103. The summed E-state index contributed by atoms with van der Waals surface area (Å²) in [6.07, 6.45) is 3.14. The zero-order valence-corrected chi connectivity index (χ0v) is 20.2. The maximum absolute atomic E-state index is 13.1. The molecule has 2 aliphatic rings. The summed E-state index contributed by atoms with van der Waals surface area (Å²) in [6, 6.07) is 17.4. The van der Waals surface area contributed by atoms with Gasteiger partial charge in [0.2, 0.25) is 15.9 Å². The van der Waals surface area contributed by atoms with Gasteiger partial charge in [0.1, 0.15) is 0 Å². The Morgan fingerprint density at radius 1 is 0.906 bits per heavy atom.